The van der Waals surface area contributed by atoms with Gasteiger partial charge in [0, 0.05) is 11.6 Å². The molecule has 0 spiro atoms. The van der Waals surface area contributed by atoms with Crippen molar-refractivity contribution in [2.45, 2.75) is 6.92 Å². The highest BCUT2D eigenvalue weighted by atomic mass is 127. The maximum absolute atomic E-state index is 10.8. The lowest BCUT2D eigenvalue weighted by molar-refractivity contribution is -0.385. The molecular formula is C10H7IN2O3. The Morgan fingerprint density at radius 1 is 1.50 bits per heavy atom. The molecule has 1 heterocycles. The minimum Gasteiger partial charge on any atom is -0.361 e. The smallest absolute Gasteiger partial charge is 0.283 e. The Kier molecular flexibility index (Phi) is 2.90. The first-order chi connectivity index (χ1) is 7.59. The number of rotatable bonds is 2. The standard InChI is InChI=1S/C10H7IN2O3/c1-6-8(5-12-16-6)7-2-3-9(11)10(4-7)13(14)15/h2-5H,1H3. The van der Waals surface area contributed by atoms with Gasteiger partial charge in [0.05, 0.1) is 14.7 Å². The van der Waals surface area contributed by atoms with Crippen molar-refractivity contribution in [3.8, 4) is 11.1 Å². The third-order valence-electron chi connectivity index (χ3n) is 2.20. The number of nitrogens with zero attached hydrogens (tertiary/aromatic N) is 2. The van der Waals surface area contributed by atoms with Crippen LogP contribution in [0.2, 0.25) is 0 Å². The molecular weight excluding hydrogens is 323 g/mol. The zero-order valence-corrected chi connectivity index (χ0v) is 10.5. The van der Waals surface area contributed by atoms with Crippen molar-refractivity contribution in [3.63, 3.8) is 0 Å². The Bertz CT molecular complexity index is 551. The van der Waals surface area contributed by atoms with E-state index in [1.807, 2.05) is 28.7 Å². The molecule has 0 fully saturated rings. The molecule has 0 N–H and O–H groups in total. The van der Waals surface area contributed by atoms with Crippen molar-refractivity contribution in [2.24, 2.45) is 0 Å². The van der Waals surface area contributed by atoms with Crippen LogP contribution >= 0.6 is 22.6 Å². The number of hydrogen-bond donors (Lipinski definition) is 0. The molecule has 0 radical (unpaired) electrons. The van der Waals surface area contributed by atoms with E-state index in [1.165, 1.54) is 6.07 Å². The van der Waals surface area contributed by atoms with Crippen molar-refractivity contribution in [1.29, 1.82) is 0 Å². The quantitative estimate of drug-likeness (QED) is 0.482. The van der Waals surface area contributed by atoms with E-state index in [0.717, 1.165) is 11.1 Å². The van der Waals surface area contributed by atoms with Crippen molar-refractivity contribution in [1.82, 2.24) is 5.16 Å². The van der Waals surface area contributed by atoms with E-state index in [0.29, 0.717) is 9.33 Å². The van der Waals surface area contributed by atoms with Gasteiger partial charge in [0.25, 0.3) is 5.69 Å². The Labute approximate surface area is 105 Å². The molecule has 0 saturated carbocycles. The lowest BCUT2D eigenvalue weighted by Crippen LogP contribution is -1.92. The second-order valence-electron chi connectivity index (χ2n) is 3.22. The largest absolute Gasteiger partial charge is 0.361 e. The van der Waals surface area contributed by atoms with Gasteiger partial charge in [0.1, 0.15) is 5.76 Å². The van der Waals surface area contributed by atoms with Crippen molar-refractivity contribution in [3.05, 3.63) is 43.8 Å². The van der Waals surface area contributed by atoms with Crippen LogP contribution in [0.3, 0.4) is 0 Å². The Balaban J connectivity index is 2.56. The van der Waals surface area contributed by atoms with Crippen LogP contribution in [0.15, 0.2) is 28.9 Å². The highest BCUT2D eigenvalue weighted by Crippen LogP contribution is 2.29. The van der Waals surface area contributed by atoms with Crippen molar-refractivity contribution >= 4 is 28.3 Å². The van der Waals surface area contributed by atoms with E-state index in [2.05, 4.69) is 5.16 Å². The van der Waals surface area contributed by atoms with Crippen LogP contribution in [-0.2, 0) is 0 Å². The van der Waals surface area contributed by atoms with Crippen LogP contribution in [-0.4, -0.2) is 10.1 Å². The van der Waals surface area contributed by atoms with Crippen LogP contribution in [0.5, 0.6) is 0 Å². The van der Waals surface area contributed by atoms with Gasteiger partial charge in [0.2, 0.25) is 0 Å². The first-order valence-electron chi connectivity index (χ1n) is 4.45. The number of nitro benzene ring substituents is 1. The van der Waals surface area contributed by atoms with Crippen LogP contribution in [0, 0.1) is 20.6 Å². The second-order valence-corrected chi connectivity index (χ2v) is 4.38. The van der Waals surface area contributed by atoms with Crippen LogP contribution in [0.1, 0.15) is 5.76 Å². The summed E-state index contributed by atoms with van der Waals surface area (Å²) in [4.78, 5) is 10.4. The molecule has 82 valence electrons. The third kappa shape index (κ3) is 1.92. The van der Waals surface area contributed by atoms with E-state index in [-0.39, 0.29) is 5.69 Å². The van der Waals surface area contributed by atoms with Crippen molar-refractivity contribution in [2.75, 3.05) is 0 Å². The Morgan fingerprint density at radius 2 is 2.25 bits per heavy atom. The highest BCUT2D eigenvalue weighted by molar-refractivity contribution is 14.1. The predicted octanol–water partition coefficient (Wildman–Crippen LogP) is 3.16. The molecule has 0 bridgehead atoms. The van der Waals surface area contributed by atoms with Gasteiger partial charge >= 0.3 is 0 Å². The fraction of sp³-hybridized carbons (Fsp3) is 0.100. The zero-order valence-electron chi connectivity index (χ0n) is 8.31. The average molecular weight is 330 g/mol. The molecule has 1 aromatic heterocycles. The molecule has 0 atom stereocenters. The van der Waals surface area contributed by atoms with Crippen LogP contribution in [0.4, 0.5) is 5.69 Å². The molecule has 6 heteroatoms. The topological polar surface area (TPSA) is 69.2 Å². The summed E-state index contributed by atoms with van der Waals surface area (Å²) in [6.45, 7) is 1.77. The molecule has 0 aliphatic heterocycles. The molecule has 0 saturated heterocycles. The van der Waals surface area contributed by atoms with Gasteiger partial charge in [-0.2, -0.15) is 0 Å². The number of benzene rings is 1. The molecule has 0 amide bonds. The third-order valence-corrected chi connectivity index (χ3v) is 3.12. The Morgan fingerprint density at radius 3 is 2.81 bits per heavy atom. The lowest BCUT2D eigenvalue weighted by atomic mass is 10.1. The number of halogens is 1. The molecule has 0 unspecified atom stereocenters. The van der Waals surface area contributed by atoms with Gasteiger partial charge in [-0.3, -0.25) is 10.1 Å². The Hall–Kier alpha value is -1.44. The van der Waals surface area contributed by atoms with Gasteiger partial charge in [-0.25, -0.2) is 0 Å². The maximum atomic E-state index is 10.8. The van der Waals surface area contributed by atoms with E-state index in [4.69, 9.17) is 4.52 Å². The summed E-state index contributed by atoms with van der Waals surface area (Å²) >= 11 is 1.94. The van der Waals surface area contributed by atoms with Crippen LogP contribution in [0.25, 0.3) is 11.1 Å². The molecule has 16 heavy (non-hydrogen) atoms. The summed E-state index contributed by atoms with van der Waals surface area (Å²) < 4.78 is 5.54. The van der Waals surface area contributed by atoms with Crippen molar-refractivity contribution < 1.29 is 9.45 Å². The monoisotopic (exact) mass is 330 g/mol. The molecule has 5 nitrogen and oxygen atoms in total. The van der Waals surface area contributed by atoms with Gasteiger partial charge in [-0.15, -0.1) is 0 Å². The van der Waals surface area contributed by atoms with E-state index >= 15 is 0 Å². The predicted molar refractivity (Wildman–Crippen MR) is 66.0 cm³/mol. The average Bonchev–Trinajstić information content (AvgIpc) is 2.65. The normalized spacial score (nSPS) is 10.4. The van der Waals surface area contributed by atoms with Gasteiger partial charge < -0.3 is 4.52 Å². The maximum Gasteiger partial charge on any atom is 0.283 e. The summed E-state index contributed by atoms with van der Waals surface area (Å²) in [5.74, 6) is 0.649. The molecule has 2 rings (SSSR count). The minimum absolute atomic E-state index is 0.0960. The number of nitro groups is 1. The molecule has 2 aromatic rings. The second kappa shape index (κ2) is 4.20. The summed E-state index contributed by atoms with van der Waals surface area (Å²) in [7, 11) is 0. The summed E-state index contributed by atoms with van der Waals surface area (Å²) in [5.41, 5.74) is 1.61. The summed E-state index contributed by atoms with van der Waals surface area (Å²) in [5, 5.41) is 14.4. The molecule has 1 aromatic carbocycles. The lowest BCUT2D eigenvalue weighted by Gasteiger charge is -2.00. The fourth-order valence-corrected chi connectivity index (χ4v) is 1.93. The van der Waals surface area contributed by atoms with Gasteiger partial charge in [-0.1, -0.05) is 11.2 Å². The number of aromatic nitrogens is 1. The summed E-state index contributed by atoms with van der Waals surface area (Å²) in [6.07, 6.45) is 1.56. The first kappa shape index (κ1) is 11.1. The van der Waals surface area contributed by atoms with Gasteiger partial charge in [-0.05, 0) is 41.1 Å². The number of aryl methyl sites for hydroxylation is 1. The zero-order chi connectivity index (χ0) is 11.7. The first-order valence-corrected chi connectivity index (χ1v) is 5.53. The summed E-state index contributed by atoms with van der Waals surface area (Å²) in [6, 6.07) is 5.05. The fourth-order valence-electron chi connectivity index (χ4n) is 1.40. The van der Waals surface area contributed by atoms with Gasteiger partial charge in [0.15, 0.2) is 0 Å². The number of hydrogen-bond acceptors (Lipinski definition) is 4. The van der Waals surface area contributed by atoms with E-state index < -0.39 is 4.92 Å². The SMILES string of the molecule is Cc1oncc1-c1ccc(I)c([N+](=O)[O-])c1. The molecule has 0 aliphatic carbocycles. The van der Waals surface area contributed by atoms with E-state index in [1.54, 1.807) is 19.2 Å². The van der Waals surface area contributed by atoms with Crippen LogP contribution < -0.4 is 0 Å². The highest BCUT2D eigenvalue weighted by Gasteiger charge is 2.15. The molecule has 0 aliphatic rings. The minimum atomic E-state index is -0.395. The van der Waals surface area contributed by atoms with E-state index in [9.17, 15) is 10.1 Å².